The minimum Gasteiger partial charge on any atom is -0.201 e. The molecule has 0 fully saturated rings. The van der Waals surface area contributed by atoms with Gasteiger partial charge >= 0.3 is 22.9 Å². The van der Waals surface area contributed by atoms with Crippen molar-refractivity contribution in [2.24, 2.45) is 0 Å². The maximum Gasteiger partial charge on any atom is 0.416 e. The van der Waals surface area contributed by atoms with Gasteiger partial charge in [0, 0.05) is 5.56 Å². The molecule has 0 N–H and O–H groups in total. The van der Waals surface area contributed by atoms with Gasteiger partial charge in [-0.15, -0.1) is 0 Å². The van der Waals surface area contributed by atoms with Gasteiger partial charge in [0.25, 0.3) is 0 Å². The van der Waals surface area contributed by atoms with E-state index in [1.54, 1.807) is 0 Å². The third kappa shape index (κ3) is 3.88. The van der Waals surface area contributed by atoms with Crippen LogP contribution in [0, 0.1) is 0 Å². The van der Waals surface area contributed by atoms with Crippen molar-refractivity contribution in [1.29, 1.82) is 0 Å². The van der Waals surface area contributed by atoms with Gasteiger partial charge in [-0.1, -0.05) is 23.2 Å². The Balaban J connectivity index is 3.61. The van der Waals surface area contributed by atoms with Gasteiger partial charge in [0.05, 0.1) is 11.1 Å². The van der Waals surface area contributed by atoms with Crippen molar-refractivity contribution in [2.45, 2.75) is 22.9 Å². The normalized spacial score (nSPS) is 14.4. The summed E-state index contributed by atoms with van der Waals surface area (Å²) in [5, 5.41) is 0. The lowest BCUT2D eigenvalue weighted by Crippen LogP contribution is -2.32. The van der Waals surface area contributed by atoms with Crippen LogP contribution in [-0.2, 0) is 18.3 Å². The lowest BCUT2D eigenvalue weighted by Gasteiger charge is -2.24. The summed E-state index contributed by atoms with van der Waals surface area (Å²) in [6.07, 6.45) is -10.7. The minimum absolute atomic E-state index is 0.353. The highest BCUT2D eigenvalue weighted by Gasteiger charge is 2.55. The molecule has 0 aromatic heterocycles. The molecule has 0 heterocycles. The van der Waals surface area contributed by atoms with Gasteiger partial charge in [0.1, 0.15) is 0 Å². The van der Waals surface area contributed by atoms with E-state index in [0.717, 1.165) is 0 Å². The zero-order valence-corrected chi connectivity index (χ0v) is 10.9. The van der Waals surface area contributed by atoms with Gasteiger partial charge in [-0.25, -0.2) is 4.39 Å². The highest BCUT2D eigenvalue weighted by Crippen LogP contribution is 2.49. The average Bonchev–Trinajstić information content (AvgIpc) is 2.24. The first kappa shape index (κ1) is 18.2. The Hall–Kier alpha value is -0.830. The molecular weight excluding hydrogens is 362 g/mol. The minimum atomic E-state index is -5.36. The van der Waals surface area contributed by atoms with E-state index in [1.807, 2.05) is 0 Å². The molecule has 0 aliphatic carbocycles. The first-order chi connectivity index (χ1) is 9.07. The summed E-state index contributed by atoms with van der Waals surface area (Å²) in [6.45, 7) is 0. The number of alkyl halides is 11. The number of halogens is 11. The van der Waals surface area contributed by atoms with E-state index in [-0.39, 0.29) is 18.2 Å². The average molecular weight is 365 g/mol. The van der Waals surface area contributed by atoms with E-state index >= 15 is 0 Å². The van der Waals surface area contributed by atoms with Crippen molar-refractivity contribution in [2.75, 3.05) is 0 Å². The van der Waals surface area contributed by atoms with Crippen molar-refractivity contribution in [3.05, 3.63) is 34.9 Å². The van der Waals surface area contributed by atoms with Crippen LogP contribution >= 0.6 is 23.2 Å². The van der Waals surface area contributed by atoms with Crippen LogP contribution in [0.25, 0.3) is 0 Å². The van der Waals surface area contributed by atoms with Crippen LogP contribution in [0.15, 0.2) is 18.2 Å². The highest BCUT2D eigenvalue weighted by molar-refractivity contribution is 6.47. The Bertz CT molecular complexity index is 493. The van der Waals surface area contributed by atoms with E-state index in [2.05, 4.69) is 23.2 Å². The molecule has 1 rings (SSSR count). The van der Waals surface area contributed by atoms with E-state index in [0.29, 0.717) is 0 Å². The SMILES string of the molecule is FC(F)(F)c1cc(C(F)(F)F)cc(C(F)(F)C(F)(Cl)Cl)c1. The number of hydrogen-bond donors (Lipinski definition) is 0. The number of rotatable bonds is 2. The van der Waals surface area contributed by atoms with Crippen molar-refractivity contribution in [1.82, 2.24) is 0 Å². The van der Waals surface area contributed by atoms with Gasteiger partial charge in [-0.05, 0) is 18.2 Å². The fraction of sp³-hybridized carbons (Fsp3) is 0.400. The first-order valence-electron chi connectivity index (χ1n) is 4.81. The Labute approximate surface area is 121 Å². The third-order valence-electron chi connectivity index (χ3n) is 2.31. The molecule has 0 saturated carbocycles. The number of benzene rings is 1. The third-order valence-corrected chi connectivity index (χ3v) is 2.78. The zero-order chi connectivity index (χ0) is 16.9. The monoisotopic (exact) mass is 364 g/mol. The van der Waals surface area contributed by atoms with E-state index in [4.69, 9.17) is 0 Å². The predicted octanol–water partition coefficient (Wildman–Crippen LogP) is 5.92. The molecule has 0 aliphatic rings. The molecule has 0 radical (unpaired) electrons. The Kier molecular flexibility index (Phi) is 4.44. The summed E-state index contributed by atoms with van der Waals surface area (Å²) in [7, 11) is 0. The quantitative estimate of drug-likeness (QED) is 0.451. The van der Waals surface area contributed by atoms with Gasteiger partial charge in [0.15, 0.2) is 0 Å². The molecule has 0 bridgehead atoms. The molecule has 1 aromatic rings. The van der Waals surface area contributed by atoms with Crippen molar-refractivity contribution < 1.29 is 39.5 Å². The maximum absolute atomic E-state index is 13.4. The van der Waals surface area contributed by atoms with Gasteiger partial charge in [-0.3, -0.25) is 0 Å². The fourth-order valence-electron chi connectivity index (χ4n) is 1.30. The van der Waals surface area contributed by atoms with Gasteiger partial charge in [0.2, 0.25) is 0 Å². The van der Waals surface area contributed by atoms with Crippen molar-refractivity contribution in [3.63, 3.8) is 0 Å². The molecule has 0 amide bonds. The Morgan fingerprint density at radius 2 is 0.857 bits per heavy atom. The molecule has 11 heteroatoms. The van der Waals surface area contributed by atoms with Crippen molar-refractivity contribution >= 4 is 23.2 Å². The highest BCUT2D eigenvalue weighted by atomic mass is 35.5. The van der Waals surface area contributed by atoms with E-state index < -0.39 is 39.6 Å². The second kappa shape index (κ2) is 5.12. The van der Waals surface area contributed by atoms with Crippen LogP contribution in [0.1, 0.15) is 16.7 Å². The second-order valence-electron chi connectivity index (χ2n) is 3.87. The lowest BCUT2D eigenvalue weighted by molar-refractivity contribution is -0.143. The fourth-order valence-corrected chi connectivity index (χ4v) is 1.52. The van der Waals surface area contributed by atoms with E-state index in [9.17, 15) is 39.5 Å². The Morgan fingerprint density at radius 3 is 1.10 bits per heavy atom. The van der Waals surface area contributed by atoms with E-state index in [1.165, 1.54) is 0 Å². The summed E-state index contributed by atoms with van der Waals surface area (Å²) < 4.78 is 110. The molecule has 21 heavy (non-hydrogen) atoms. The standard InChI is InChI=1S/C10H3Cl2F9/c11-10(12,21)7(13,14)4-1-5(8(15,16)17)3-6(2-4)9(18,19)20/h1-3H. The molecular formula is C10H3Cl2F9. The molecule has 0 unspecified atom stereocenters. The van der Waals surface area contributed by atoms with Gasteiger partial charge in [-0.2, -0.15) is 35.1 Å². The van der Waals surface area contributed by atoms with Crippen LogP contribution in [0.4, 0.5) is 39.5 Å². The predicted molar refractivity (Wildman–Crippen MR) is 55.9 cm³/mol. The summed E-state index contributed by atoms with van der Waals surface area (Å²) >= 11 is 8.96. The summed E-state index contributed by atoms with van der Waals surface area (Å²) in [6, 6.07) is -1.09. The van der Waals surface area contributed by atoms with Gasteiger partial charge < -0.3 is 0 Å². The first-order valence-corrected chi connectivity index (χ1v) is 5.57. The molecule has 1 aromatic carbocycles. The smallest absolute Gasteiger partial charge is 0.201 e. The molecule has 0 aliphatic heterocycles. The van der Waals surface area contributed by atoms with Crippen LogP contribution < -0.4 is 0 Å². The largest absolute Gasteiger partial charge is 0.416 e. The summed E-state index contributed by atoms with van der Waals surface area (Å²) in [4.78, 5) is 0. The maximum atomic E-state index is 13.4. The topological polar surface area (TPSA) is 0 Å². The Morgan fingerprint density at radius 1 is 0.571 bits per heavy atom. The van der Waals surface area contributed by atoms with Crippen LogP contribution in [0.3, 0.4) is 0 Å². The van der Waals surface area contributed by atoms with Crippen molar-refractivity contribution in [3.8, 4) is 0 Å². The summed E-state index contributed by atoms with van der Waals surface area (Å²) in [5.41, 5.74) is -6.02. The van der Waals surface area contributed by atoms with Crippen LogP contribution in [-0.4, -0.2) is 4.59 Å². The van der Waals surface area contributed by atoms with Crippen LogP contribution in [0.5, 0.6) is 0 Å². The molecule has 0 spiro atoms. The molecule has 120 valence electrons. The molecule has 0 atom stereocenters. The zero-order valence-electron chi connectivity index (χ0n) is 9.39. The lowest BCUT2D eigenvalue weighted by atomic mass is 10.0. The summed E-state index contributed by atoms with van der Waals surface area (Å²) in [5.74, 6) is -4.99. The molecule has 0 nitrogen and oxygen atoms in total. The number of hydrogen-bond acceptors (Lipinski definition) is 0. The second-order valence-corrected chi connectivity index (χ2v) is 5.10. The molecule has 0 saturated heterocycles. The van der Waals surface area contributed by atoms with Crippen LogP contribution in [0.2, 0.25) is 0 Å².